The molecule has 0 heterocycles. The molecule has 136 valence electrons. The highest BCUT2D eigenvalue weighted by atomic mass is 16.1. The zero-order chi connectivity index (χ0) is 17.5. The number of unbranched alkanes of at least 4 members (excludes halogenated alkanes) is 9. The number of aryl methyl sites for hydroxylation is 1. The van der Waals surface area contributed by atoms with Crippen molar-refractivity contribution in [3.8, 4) is 0 Å². The van der Waals surface area contributed by atoms with Gasteiger partial charge >= 0.3 is 0 Å². The van der Waals surface area contributed by atoms with E-state index in [-0.39, 0.29) is 5.91 Å². The number of benzene rings is 1. The Morgan fingerprint density at radius 3 is 1.92 bits per heavy atom. The molecule has 0 aliphatic rings. The summed E-state index contributed by atoms with van der Waals surface area (Å²) in [7, 11) is 0. The van der Waals surface area contributed by atoms with Crippen LogP contribution in [0.3, 0.4) is 0 Å². The van der Waals surface area contributed by atoms with Gasteiger partial charge in [0.1, 0.15) is 0 Å². The maximum atomic E-state index is 11.9. The predicted octanol–water partition coefficient (Wildman–Crippen LogP) is 6.89. The molecule has 1 aromatic carbocycles. The summed E-state index contributed by atoms with van der Waals surface area (Å²) in [5, 5.41) is 3.02. The standard InChI is InChI=1S/C22H37NO/c1-3-5-7-9-11-13-15-22(24)23-21-18-16-20(17-19-21)14-12-10-8-6-4-2/h16-19H,3-15H2,1-2H3,(H,23,24). The van der Waals surface area contributed by atoms with Gasteiger partial charge in [0.25, 0.3) is 0 Å². The van der Waals surface area contributed by atoms with Gasteiger partial charge < -0.3 is 5.32 Å². The molecule has 0 saturated carbocycles. The summed E-state index contributed by atoms with van der Waals surface area (Å²) in [5.41, 5.74) is 2.31. The first-order chi connectivity index (χ1) is 11.8. The molecule has 0 radical (unpaired) electrons. The molecule has 1 aromatic rings. The Balaban J connectivity index is 2.15. The lowest BCUT2D eigenvalue weighted by atomic mass is 10.1. The van der Waals surface area contributed by atoms with Gasteiger partial charge in [-0.2, -0.15) is 0 Å². The Morgan fingerprint density at radius 2 is 1.29 bits per heavy atom. The Morgan fingerprint density at radius 1 is 0.750 bits per heavy atom. The van der Waals surface area contributed by atoms with Crippen LogP contribution in [0.2, 0.25) is 0 Å². The van der Waals surface area contributed by atoms with E-state index in [2.05, 4.69) is 31.3 Å². The monoisotopic (exact) mass is 331 g/mol. The molecular formula is C22H37NO. The summed E-state index contributed by atoms with van der Waals surface area (Å²) >= 11 is 0. The van der Waals surface area contributed by atoms with Crippen molar-refractivity contribution in [2.24, 2.45) is 0 Å². The van der Waals surface area contributed by atoms with E-state index in [1.807, 2.05) is 12.1 Å². The lowest BCUT2D eigenvalue weighted by Gasteiger charge is -2.07. The molecule has 0 spiro atoms. The summed E-state index contributed by atoms with van der Waals surface area (Å²) in [6.45, 7) is 4.48. The van der Waals surface area contributed by atoms with Crippen molar-refractivity contribution in [3.05, 3.63) is 29.8 Å². The lowest BCUT2D eigenvalue weighted by molar-refractivity contribution is -0.116. The van der Waals surface area contributed by atoms with E-state index in [9.17, 15) is 4.79 Å². The van der Waals surface area contributed by atoms with E-state index in [1.165, 1.54) is 69.8 Å². The molecule has 0 fully saturated rings. The van der Waals surface area contributed by atoms with Crippen molar-refractivity contribution in [2.75, 3.05) is 5.32 Å². The third-order valence-corrected chi connectivity index (χ3v) is 4.56. The molecule has 1 N–H and O–H groups in total. The van der Waals surface area contributed by atoms with E-state index in [1.54, 1.807) is 0 Å². The zero-order valence-corrected chi connectivity index (χ0v) is 15.9. The Labute approximate surface area is 149 Å². The first-order valence-corrected chi connectivity index (χ1v) is 10.1. The number of hydrogen-bond donors (Lipinski definition) is 1. The average molecular weight is 332 g/mol. The van der Waals surface area contributed by atoms with Crippen LogP contribution in [-0.4, -0.2) is 5.91 Å². The molecule has 1 rings (SSSR count). The van der Waals surface area contributed by atoms with E-state index < -0.39 is 0 Å². The van der Waals surface area contributed by atoms with Crippen LogP contribution in [0.1, 0.15) is 96.5 Å². The van der Waals surface area contributed by atoms with Gasteiger partial charge in [-0.25, -0.2) is 0 Å². The van der Waals surface area contributed by atoms with Gasteiger partial charge in [-0.15, -0.1) is 0 Å². The van der Waals surface area contributed by atoms with Gasteiger partial charge in [-0.3, -0.25) is 4.79 Å². The molecule has 0 aliphatic heterocycles. The van der Waals surface area contributed by atoms with Crippen molar-refractivity contribution in [1.29, 1.82) is 0 Å². The second-order valence-corrected chi connectivity index (χ2v) is 6.93. The normalized spacial score (nSPS) is 10.8. The molecular weight excluding hydrogens is 294 g/mol. The quantitative estimate of drug-likeness (QED) is 0.369. The molecule has 24 heavy (non-hydrogen) atoms. The number of carbonyl (C=O) groups excluding carboxylic acids is 1. The molecule has 0 aliphatic carbocycles. The fourth-order valence-electron chi connectivity index (χ4n) is 2.98. The number of rotatable bonds is 14. The summed E-state index contributed by atoms with van der Waals surface area (Å²) in [6.07, 6.45) is 15.7. The molecule has 2 heteroatoms. The van der Waals surface area contributed by atoms with Crippen LogP contribution in [-0.2, 0) is 11.2 Å². The van der Waals surface area contributed by atoms with Crippen LogP contribution in [0.25, 0.3) is 0 Å². The molecule has 1 amide bonds. The molecule has 0 unspecified atom stereocenters. The first kappa shape index (κ1) is 20.7. The van der Waals surface area contributed by atoms with E-state index >= 15 is 0 Å². The van der Waals surface area contributed by atoms with E-state index in [0.29, 0.717) is 6.42 Å². The van der Waals surface area contributed by atoms with Crippen molar-refractivity contribution in [1.82, 2.24) is 0 Å². The molecule has 0 saturated heterocycles. The molecule has 0 bridgehead atoms. The van der Waals surface area contributed by atoms with Crippen LogP contribution in [0.15, 0.2) is 24.3 Å². The van der Waals surface area contributed by atoms with Crippen LogP contribution >= 0.6 is 0 Å². The van der Waals surface area contributed by atoms with Gasteiger partial charge in [0, 0.05) is 12.1 Å². The Bertz CT molecular complexity index is 424. The highest BCUT2D eigenvalue weighted by Gasteiger charge is 2.02. The number of hydrogen-bond acceptors (Lipinski definition) is 1. The second-order valence-electron chi connectivity index (χ2n) is 6.93. The van der Waals surface area contributed by atoms with Crippen molar-refractivity contribution < 1.29 is 4.79 Å². The van der Waals surface area contributed by atoms with Crippen LogP contribution in [0, 0.1) is 0 Å². The third kappa shape index (κ3) is 10.5. The van der Waals surface area contributed by atoms with Gasteiger partial charge in [0.15, 0.2) is 0 Å². The van der Waals surface area contributed by atoms with Crippen molar-refractivity contribution in [2.45, 2.75) is 97.3 Å². The Hall–Kier alpha value is -1.31. The predicted molar refractivity (Wildman–Crippen MR) is 106 cm³/mol. The second kappa shape index (κ2) is 14.1. The smallest absolute Gasteiger partial charge is 0.224 e. The zero-order valence-electron chi connectivity index (χ0n) is 15.9. The third-order valence-electron chi connectivity index (χ3n) is 4.56. The van der Waals surface area contributed by atoms with E-state index in [0.717, 1.165) is 18.5 Å². The van der Waals surface area contributed by atoms with Gasteiger partial charge in [0.05, 0.1) is 0 Å². The topological polar surface area (TPSA) is 29.1 Å². The fraction of sp³-hybridized carbons (Fsp3) is 0.682. The van der Waals surface area contributed by atoms with Gasteiger partial charge in [-0.1, -0.05) is 83.8 Å². The number of carbonyl (C=O) groups is 1. The number of anilines is 1. The van der Waals surface area contributed by atoms with Crippen LogP contribution in [0.4, 0.5) is 5.69 Å². The Kier molecular flexibility index (Phi) is 12.2. The summed E-state index contributed by atoms with van der Waals surface area (Å²) in [4.78, 5) is 11.9. The summed E-state index contributed by atoms with van der Waals surface area (Å²) in [5.74, 6) is 0.151. The van der Waals surface area contributed by atoms with Crippen LogP contribution < -0.4 is 5.32 Å². The average Bonchev–Trinajstić information content (AvgIpc) is 2.59. The SMILES string of the molecule is CCCCCCCCC(=O)Nc1ccc(CCCCCCC)cc1. The fourth-order valence-corrected chi connectivity index (χ4v) is 2.98. The maximum absolute atomic E-state index is 11.9. The largest absolute Gasteiger partial charge is 0.326 e. The van der Waals surface area contributed by atoms with E-state index in [4.69, 9.17) is 0 Å². The first-order valence-electron chi connectivity index (χ1n) is 10.1. The maximum Gasteiger partial charge on any atom is 0.224 e. The van der Waals surface area contributed by atoms with Crippen molar-refractivity contribution >= 4 is 11.6 Å². The van der Waals surface area contributed by atoms with Crippen molar-refractivity contribution in [3.63, 3.8) is 0 Å². The van der Waals surface area contributed by atoms with Crippen LogP contribution in [0.5, 0.6) is 0 Å². The summed E-state index contributed by atoms with van der Waals surface area (Å²) in [6, 6.07) is 8.39. The van der Waals surface area contributed by atoms with Gasteiger partial charge in [0.2, 0.25) is 5.91 Å². The minimum Gasteiger partial charge on any atom is -0.326 e. The highest BCUT2D eigenvalue weighted by Crippen LogP contribution is 2.14. The molecule has 0 atom stereocenters. The minimum atomic E-state index is 0.151. The minimum absolute atomic E-state index is 0.151. The molecule has 2 nitrogen and oxygen atoms in total. The number of nitrogens with one attached hydrogen (secondary N) is 1. The highest BCUT2D eigenvalue weighted by molar-refractivity contribution is 5.90. The summed E-state index contributed by atoms with van der Waals surface area (Å²) < 4.78 is 0. The van der Waals surface area contributed by atoms with Gasteiger partial charge in [-0.05, 0) is 37.0 Å². The number of amides is 1. The molecule has 0 aromatic heterocycles. The lowest BCUT2D eigenvalue weighted by Crippen LogP contribution is -2.11.